The molecule has 0 aliphatic heterocycles. The van der Waals surface area contributed by atoms with Gasteiger partial charge in [-0.25, -0.2) is 0 Å². The average molecular weight is 242 g/mol. The van der Waals surface area contributed by atoms with Gasteiger partial charge in [0.25, 0.3) is 0 Å². The molecule has 0 unspecified atom stereocenters. The highest BCUT2D eigenvalue weighted by Gasteiger charge is 2.18. The van der Waals surface area contributed by atoms with Crippen molar-refractivity contribution in [2.75, 3.05) is 6.16 Å². The largest absolute Gasteiger partial charge is 0.460 e. The van der Waals surface area contributed by atoms with Crippen molar-refractivity contribution in [1.29, 1.82) is 0 Å². The molecular formula is C15H15OP. The first-order valence-electron chi connectivity index (χ1n) is 5.92. The van der Waals surface area contributed by atoms with Crippen LogP contribution in [0.2, 0.25) is 0 Å². The zero-order valence-corrected chi connectivity index (χ0v) is 10.9. The number of fused-ring (bicyclic) bond motifs is 3. The number of allylic oxidation sites excluding steroid dienone is 1. The molecule has 1 aromatic heterocycles. The number of hydrogen-bond acceptors (Lipinski definition) is 1. The van der Waals surface area contributed by atoms with E-state index in [1.165, 1.54) is 30.3 Å². The second-order valence-corrected chi connectivity index (χ2v) is 5.34. The van der Waals surface area contributed by atoms with Crippen LogP contribution in [-0.2, 0) is 6.42 Å². The van der Waals surface area contributed by atoms with Gasteiger partial charge in [-0.2, -0.15) is 0 Å². The maximum absolute atomic E-state index is 5.99. The fraction of sp³-hybridized carbons (Fsp3) is 0.267. The molecule has 0 radical (unpaired) electrons. The molecule has 0 atom stereocenters. The third-order valence-electron chi connectivity index (χ3n) is 3.36. The molecule has 17 heavy (non-hydrogen) atoms. The lowest BCUT2D eigenvalue weighted by Crippen LogP contribution is -1.97. The third kappa shape index (κ3) is 1.75. The normalized spacial score (nSPS) is 15.0. The van der Waals surface area contributed by atoms with Gasteiger partial charge < -0.3 is 4.42 Å². The molecule has 1 aliphatic carbocycles. The van der Waals surface area contributed by atoms with E-state index < -0.39 is 0 Å². The second kappa shape index (κ2) is 4.16. The van der Waals surface area contributed by atoms with Gasteiger partial charge in [0.05, 0.1) is 0 Å². The summed E-state index contributed by atoms with van der Waals surface area (Å²) >= 11 is 0. The maximum atomic E-state index is 5.99. The molecular weight excluding hydrogens is 227 g/mol. The van der Waals surface area contributed by atoms with Gasteiger partial charge in [-0.1, -0.05) is 36.1 Å². The molecule has 0 spiro atoms. The van der Waals surface area contributed by atoms with Gasteiger partial charge in [-0.05, 0) is 18.9 Å². The van der Waals surface area contributed by atoms with Gasteiger partial charge in [0.1, 0.15) is 11.3 Å². The Labute approximate surface area is 103 Å². The Morgan fingerprint density at radius 1 is 1.35 bits per heavy atom. The molecule has 86 valence electrons. The summed E-state index contributed by atoms with van der Waals surface area (Å²) in [6.07, 6.45) is 9.45. The Hall–Kier alpha value is -1.33. The summed E-state index contributed by atoms with van der Waals surface area (Å²) in [6.45, 7) is 2.11. The van der Waals surface area contributed by atoms with Crippen LogP contribution >= 0.6 is 8.20 Å². The predicted molar refractivity (Wildman–Crippen MR) is 76.2 cm³/mol. The average Bonchev–Trinajstić information content (AvgIpc) is 2.70. The fourth-order valence-electron chi connectivity index (χ4n) is 2.49. The summed E-state index contributed by atoms with van der Waals surface area (Å²) < 4.78 is 5.99. The molecule has 0 saturated heterocycles. The van der Waals surface area contributed by atoms with Gasteiger partial charge in [0.2, 0.25) is 0 Å². The number of rotatable bonds is 2. The monoisotopic (exact) mass is 242 g/mol. The van der Waals surface area contributed by atoms with Crippen molar-refractivity contribution in [3.05, 3.63) is 40.7 Å². The molecule has 2 heteroatoms. The predicted octanol–water partition coefficient (Wildman–Crippen LogP) is 4.45. The third-order valence-corrected chi connectivity index (χ3v) is 3.99. The summed E-state index contributed by atoms with van der Waals surface area (Å²) in [7, 11) is 1.20. The first kappa shape index (κ1) is 10.8. The van der Waals surface area contributed by atoms with Crippen LogP contribution in [0.1, 0.15) is 23.3 Å². The topological polar surface area (TPSA) is 13.1 Å². The number of hydrogen-bond donors (Lipinski definition) is 0. The highest BCUT2D eigenvalue weighted by Crippen LogP contribution is 2.35. The lowest BCUT2D eigenvalue weighted by Gasteiger charge is -2.10. The molecule has 1 heterocycles. The first-order valence-corrected chi connectivity index (χ1v) is 7.19. The summed E-state index contributed by atoms with van der Waals surface area (Å²) in [4.78, 5) is 0. The molecule has 1 aromatic carbocycles. The highest BCUT2D eigenvalue weighted by atomic mass is 31.1. The highest BCUT2D eigenvalue weighted by molar-refractivity contribution is 7.36. The first-order chi connectivity index (χ1) is 8.29. The second-order valence-electron chi connectivity index (χ2n) is 4.57. The van der Waals surface area contributed by atoms with Gasteiger partial charge in [0, 0.05) is 23.5 Å². The standard InChI is InChI=1S/C15H15OP/c1-10-4-3-5-12-13-8-11(9-17-2)6-7-14(13)16-15(10)12/h3-5,8H,2,6-7,9H2,1H3. The van der Waals surface area contributed by atoms with Crippen LogP contribution in [0.5, 0.6) is 0 Å². The van der Waals surface area contributed by atoms with E-state index in [2.05, 4.69) is 37.5 Å². The number of aryl methyl sites for hydroxylation is 2. The van der Waals surface area contributed by atoms with Crippen molar-refractivity contribution < 1.29 is 4.42 Å². The molecule has 1 aliphatic rings. The fourth-order valence-corrected chi connectivity index (χ4v) is 3.03. The Bertz CT molecular complexity index is 619. The van der Waals surface area contributed by atoms with E-state index in [1.807, 2.05) is 0 Å². The molecule has 0 fully saturated rings. The van der Waals surface area contributed by atoms with Crippen LogP contribution in [0.3, 0.4) is 0 Å². The maximum Gasteiger partial charge on any atom is 0.137 e. The van der Waals surface area contributed by atoms with E-state index in [9.17, 15) is 0 Å². The zero-order valence-electron chi connectivity index (χ0n) is 9.99. The molecule has 0 bridgehead atoms. The van der Waals surface area contributed by atoms with Crippen molar-refractivity contribution in [3.8, 4) is 0 Å². The van der Waals surface area contributed by atoms with Gasteiger partial charge in [0.15, 0.2) is 0 Å². The van der Waals surface area contributed by atoms with E-state index in [4.69, 9.17) is 4.42 Å². The van der Waals surface area contributed by atoms with E-state index >= 15 is 0 Å². The van der Waals surface area contributed by atoms with E-state index in [0.717, 1.165) is 30.3 Å². The molecule has 0 saturated carbocycles. The number of benzene rings is 1. The summed E-state index contributed by atoms with van der Waals surface area (Å²) in [6, 6.07) is 6.37. The Kier molecular flexibility index (Phi) is 2.64. The van der Waals surface area contributed by atoms with Crippen LogP contribution in [0.15, 0.2) is 28.2 Å². The van der Waals surface area contributed by atoms with Crippen molar-refractivity contribution in [2.24, 2.45) is 0 Å². The summed E-state index contributed by atoms with van der Waals surface area (Å²) in [5.74, 6) is 1.15. The van der Waals surface area contributed by atoms with Crippen LogP contribution < -0.4 is 0 Å². The molecule has 1 nitrogen and oxygen atoms in total. The van der Waals surface area contributed by atoms with Crippen molar-refractivity contribution in [1.82, 2.24) is 0 Å². The Balaban J connectivity index is 2.22. The van der Waals surface area contributed by atoms with Gasteiger partial charge >= 0.3 is 0 Å². The smallest absolute Gasteiger partial charge is 0.137 e. The summed E-state index contributed by atoms with van der Waals surface area (Å²) in [5.41, 5.74) is 5.08. The zero-order chi connectivity index (χ0) is 11.8. The lowest BCUT2D eigenvalue weighted by molar-refractivity contribution is 0.541. The Morgan fingerprint density at radius 2 is 2.24 bits per heavy atom. The van der Waals surface area contributed by atoms with Gasteiger partial charge in [-0.15, -0.1) is 8.20 Å². The van der Waals surface area contributed by atoms with Crippen LogP contribution in [0, 0.1) is 6.92 Å². The van der Waals surface area contributed by atoms with E-state index in [0.29, 0.717) is 0 Å². The number of para-hydroxylation sites is 1. The molecule has 0 N–H and O–H groups in total. The SMILES string of the molecule is C=PCC1=Cc2c(oc3c(C)cccc23)CC1. The van der Waals surface area contributed by atoms with E-state index in [1.54, 1.807) is 0 Å². The van der Waals surface area contributed by atoms with Crippen molar-refractivity contribution in [3.63, 3.8) is 0 Å². The Morgan fingerprint density at radius 3 is 3.06 bits per heavy atom. The molecule has 2 aromatic rings. The van der Waals surface area contributed by atoms with Crippen molar-refractivity contribution in [2.45, 2.75) is 19.8 Å². The van der Waals surface area contributed by atoms with Crippen LogP contribution in [0.4, 0.5) is 0 Å². The van der Waals surface area contributed by atoms with Crippen molar-refractivity contribution >= 4 is 31.5 Å². The lowest BCUT2D eigenvalue weighted by atomic mass is 9.97. The molecule has 0 amide bonds. The van der Waals surface area contributed by atoms with Crippen LogP contribution in [-0.4, -0.2) is 12.5 Å². The summed E-state index contributed by atoms with van der Waals surface area (Å²) in [5, 5.41) is 1.26. The minimum atomic E-state index is 1.03. The number of furan rings is 1. The quantitative estimate of drug-likeness (QED) is 0.709. The minimum Gasteiger partial charge on any atom is -0.460 e. The van der Waals surface area contributed by atoms with Gasteiger partial charge in [-0.3, -0.25) is 0 Å². The van der Waals surface area contributed by atoms with E-state index in [-0.39, 0.29) is 0 Å². The molecule has 3 rings (SSSR count). The van der Waals surface area contributed by atoms with Crippen LogP contribution in [0.25, 0.3) is 17.0 Å². The minimum absolute atomic E-state index is 1.03.